The van der Waals surface area contributed by atoms with Crippen LogP contribution in [0.2, 0.25) is 0 Å². The molecule has 2 aromatic heterocycles. The zero-order chi connectivity index (χ0) is 45.2. The molecule has 320 valence electrons. The monoisotopic (exact) mass is 862 g/mol. The molecule has 0 radical (unpaired) electrons. The Kier molecular flexibility index (Phi) is 9.80. The number of aromatic nitrogens is 2. The van der Waals surface area contributed by atoms with Gasteiger partial charge in [-0.15, -0.1) is 0 Å². The van der Waals surface area contributed by atoms with Crippen LogP contribution in [0.5, 0.6) is 23.0 Å². The summed E-state index contributed by atoms with van der Waals surface area (Å²) in [5.41, 5.74) is 15.5. The van der Waals surface area contributed by atoms with E-state index < -0.39 is 0 Å². The molecule has 0 aliphatic carbocycles. The van der Waals surface area contributed by atoms with E-state index in [2.05, 4.69) is 188 Å². The van der Waals surface area contributed by atoms with Crippen molar-refractivity contribution < 1.29 is 9.47 Å². The Morgan fingerprint density at radius 3 is 1.25 bits per heavy atom. The van der Waals surface area contributed by atoms with Crippen LogP contribution in [0, 0.1) is 27.7 Å². The second-order valence-electron chi connectivity index (χ2n) is 17.9. The van der Waals surface area contributed by atoms with Crippen molar-refractivity contribution in [2.75, 3.05) is 0 Å². The highest BCUT2D eigenvalue weighted by Crippen LogP contribution is 2.42. The third-order valence-corrected chi connectivity index (χ3v) is 13.6. The topological polar surface area (TPSA) is 28.3 Å². The third-order valence-electron chi connectivity index (χ3n) is 13.6. The fourth-order valence-corrected chi connectivity index (χ4v) is 10.8. The van der Waals surface area contributed by atoms with Crippen LogP contribution in [0.1, 0.15) is 22.3 Å². The largest absolute Gasteiger partial charge is 0.457 e. The molecule has 0 bridgehead atoms. The highest BCUT2D eigenvalue weighted by atomic mass is 16.5. The summed E-state index contributed by atoms with van der Waals surface area (Å²) in [4.78, 5) is 0. The number of benzene rings is 10. The molecule has 0 N–H and O–H groups in total. The number of para-hydroxylation sites is 4. The Morgan fingerprint density at radius 2 is 0.746 bits per heavy atom. The Morgan fingerprint density at radius 1 is 0.328 bits per heavy atom. The van der Waals surface area contributed by atoms with Crippen LogP contribution in [0.15, 0.2) is 212 Å². The molecule has 0 unspecified atom stereocenters. The lowest BCUT2D eigenvalue weighted by atomic mass is 9.34. The minimum Gasteiger partial charge on any atom is -0.457 e. The minimum absolute atomic E-state index is 0.0513. The number of hydrogen-bond donors (Lipinski definition) is 0. The van der Waals surface area contributed by atoms with Crippen molar-refractivity contribution in [2.45, 2.75) is 27.7 Å². The fraction of sp³-hybridized carbons (Fsp3) is 0.0645. The maximum absolute atomic E-state index is 6.40. The predicted octanol–water partition coefficient (Wildman–Crippen LogP) is 14.4. The number of fused-ring (bicyclic) bond motifs is 8. The molecule has 5 heteroatoms. The Bertz CT molecular complexity index is 3710. The van der Waals surface area contributed by atoms with Gasteiger partial charge in [0.15, 0.2) is 0 Å². The maximum Gasteiger partial charge on any atom is 0.242 e. The number of aryl methyl sites for hydroxylation is 4. The highest BCUT2D eigenvalue weighted by molar-refractivity contribution is 6.96. The predicted molar refractivity (Wildman–Crippen MR) is 282 cm³/mol. The van der Waals surface area contributed by atoms with E-state index in [4.69, 9.17) is 9.47 Å². The second kappa shape index (κ2) is 16.3. The number of rotatable bonds is 9. The standard InChI is InChI=1S/C62H47BN2O2/c1-40-35-51(66-49-19-7-5-8-20-49)36-41(2)61(40)63(62-42(3)37-52(38-43(62)4)67-50-21-9-6-10-22-50)46-28-31-47(32-29-46)64-55-25-15-13-23-53(55)59-57(64)33-34-58-60(59)54-24-14-16-26-56(54)65(58)48-30-27-44-17-11-12-18-45(44)39-48/h5-39H,1-4H3. The average molecular weight is 863 g/mol. The van der Waals surface area contributed by atoms with Gasteiger partial charge in [-0.1, -0.05) is 154 Å². The molecule has 0 aliphatic heterocycles. The normalized spacial score (nSPS) is 11.6. The molecule has 0 saturated carbocycles. The molecule has 12 rings (SSSR count). The zero-order valence-corrected chi connectivity index (χ0v) is 38.0. The third kappa shape index (κ3) is 6.94. The van der Waals surface area contributed by atoms with E-state index in [1.165, 1.54) is 93.0 Å². The summed E-state index contributed by atoms with van der Waals surface area (Å²) in [5, 5.41) is 7.48. The highest BCUT2D eigenvalue weighted by Gasteiger charge is 2.30. The van der Waals surface area contributed by atoms with Crippen LogP contribution >= 0.6 is 0 Å². The van der Waals surface area contributed by atoms with Crippen molar-refractivity contribution in [3.05, 3.63) is 235 Å². The molecule has 0 saturated heterocycles. The first-order valence-electron chi connectivity index (χ1n) is 23.1. The smallest absolute Gasteiger partial charge is 0.242 e. The first kappa shape index (κ1) is 40.3. The molecule has 0 amide bonds. The summed E-state index contributed by atoms with van der Waals surface area (Å²) < 4.78 is 17.7. The van der Waals surface area contributed by atoms with Gasteiger partial charge in [0.05, 0.1) is 22.1 Å². The summed E-state index contributed by atoms with van der Waals surface area (Å²) in [6.45, 7) is 8.82. The van der Waals surface area contributed by atoms with Gasteiger partial charge in [0.2, 0.25) is 6.71 Å². The molecular formula is C62H47BN2O2. The van der Waals surface area contributed by atoms with Gasteiger partial charge in [0.1, 0.15) is 23.0 Å². The van der Waals surface area contributed by atoms with Gasteiger partial charge >= 0.3 is 0 Å². The van der Waals surface area contributed by atoms with Crippen LogP contribution in [0.25, 0.3) is 65.8 Å². The first-order valence-corrected chi connectivity index (χ1v) is 23.1. The summed E-state index contributed by atoms with van der Waals surface area (Å²) in [6.07, 6.45) is 0. The van der Waals surface area contributed by atoms with E-state index in [-0.39, 0.29) is 6.71 Å². The molecule has 0 aliphatic rings. The molecule has 67 heavy (non-hydrogen) atoms. The molecule has 0 fully saturated rings. The van der Waals surface area contributed by atoms with E-state index in [1.807, 2.05) is 60.7 Å². The minimum atomic E-state index is -0.0513. The van der Waals surface area contributed by atoms with E-state index in [1.54, 1.807) is 0 Å². The molecule has 10 aromatic carbocycles. The number of nitrogens with zero attached hydrogens (tertiary/aromatic N) is 2. The quantitative estimate of drug-likeness (QED) is 0.135. The van der Waals surface area contributed by atoms with Crippen LogP contribution < -0.4 is 25.9 Å². The summed E-state index contributed by atoms with van der Waals surface area (Å²) in [7, 11) is 0. The average Bonchev–Trinajstić information content (AvgIpc) is 3.86. The molecule has 0 atom stereocenters. The SMILES string of the molecule is Cc1cc(Oc2ccccc2)cc(C)c1B(c1ccc(-n2c3ccccc3c3c4c5ccccc5n(-c5ccc6ccccc6c5)c4ccc32)cc1)c1c(C)cc(Oc2ccccc2)cc1C. The maximum atomic E-state index is 6.40. The number of hydrogen-bond acceptors (Lipinski definition) is 2. The first-order chi connectivity index (χ1) is 32.9. The summed E-state index contributed by atoms with van der Waals surface area (Å²) in [6, 6.07) is 75.9. The van der Waals surface area contributed by atoms with Gasteiger partial charge < -0.3 is 18.6 Å². The van der Waals surface area contributed by atoms with Crippen molar-refractivity contribution in [2.24, 2.45) is 0 Å². The van der Waals surface area contributed by atoms with Gasteiger partial charge in [0, 0.05) is 32.9 Å². The Hall–Kier alpha value is -8.28. The van der Waals surface area contributed by atoms with Crippen molar-refractivity contribution in [3.8, 4) is 34.4 Å². The van der Waals surface area contributed by atoms with Crippen molar-refractivity contribution in [1.29, 1.82) is 0 Å². The molecule has 2 heterocycles. The molecule has 0 spiro atoms. The molecule has 12 aromatic rings. The van der Waals surface area contributed by atoms with Gasteiger partial charge in [0.25, 0.3) is 0 Å². The lowest BCUT2D eigenvalue weighted by Gasteiger charge is -2.25. The van der Waals surface area contributed by atoms with Crippen LogP contribution in [0.4, 0.5) is 0 Å². The Balaban J connectivity index is 1.01. The van der Waals surface area contributed by atoms with Crippen LogP contribution in [0.3, 0.4) is 0 Å². The van der Waals surface area contributed by atoms with Crippen LogP contribution in [-0.2, 0) is 0 Å². The van der Waals surface area contributed by atoms with Crippen LogP contribution in [-0.4, -0.2) is 15.8 Å². The Labute approximate surface area is 391 Å². The van der Waals surface area contributed by atoms with E-state index in [9.17, 15) is 0 Å². The number of ether oxygens (including phenoxy) is 2. The molecular weight excluding hydrogens is 816 g/mol. The van der Waals surface area contributed by atoms with Gasteiger partial charge in [-0.3, -0.25) is 0 Å². The second-order valence-corrected chi connectivity index (χ2v) is 17.9. The van der Waals surface area contributed by atoms with Crippen molar-refractivity contribution in [1.82, 2.24) is 9.13 Å². The lowest BCUT2D eigenvalue weighted by molar-refractivity contribution is 0.482. The zero-order valence-electron chi connectivity index (χ0n) is 38.0. The van der Waals surface area contributed by atoms with E-state index in [0.717, 1.165) is 34.4 Å². The van der Waals surface area contributed by atoms with E-state index >= 15 is 0 Å². The molecule has 4 nitrogen and oxygen atoms in total. The van der Waals surface area contributed by atoms with E-state index in [0.29, 0.717) is 0 Å². The lowest BCUT2D eigenvalue weighted by Crippen LogP contribution is -2.55. The fourth-order valence-electron chi connectivity index (χ4n) is 10.8. The van der Waals surface area contributed by atoms with Gasteiger partial charge in [-0.05, 0) is 136 Å². The summed E-state index contributed by atoms with van der Waals surface area (Å²) in [5.74, 6) is 3.31. The van der Waals surface area contributed by atoms with Crippen molar-refractivity contribution >= 4 is 77.5 Å². The van der Waals surface area contributed by atoms with Crippen molar-refractivity contribution in [3.63, 3.8) is 0 Å². The van der Waals surface area contributed by atoms with Gasteiger partial charge in [-0.2, -0.15) is 0 Å². The summed E-state index contributed by atoms with van der Waals surface area (Å²) >= 11 is 0. The van der Waals surface area contributed by atoms with Gasteiger partial charge in [-0.25, -0.2) is 0 Å².